The van der Waals surface area contributed by atoms with Crippen LogP contribution in [0.4, 0.5) is 0 Å². The standard InChI is InChI=1S/C13H17BrN4O2S/c1-8(15-2)6-16-11(19)3-4-12-17-13(18-20-12)10-5-9(14)7-21-10/h5,7-8,15H,3-4,6H2,1-2H3,(H,16,19). The first kappa shape index (κ1) is 16.1. The van der Waals surface area contributed by atoms with Crippen LogP contribution in [-0.2, 0) is 11.2 Å². The minimum Gasteiger partial charge on any atom is -0.355 e. The van der Waals surface area contributed by atoms with E-state index in [2.05, 4.69) is 36.7 Å². The first-order valence-corrected chi connectivity index (χ1v) is 8.26. The molecule has 0 spiro atoms. The van der Waals surface area contributed by atoms with Crippen molar-refractivity contribution in [3.8, 4) is 10.7 Å². The van der Waals surface area contributed by atoms with E-state index in [1.165, 1.54) is 11.3 Å². The van der Waals surface area contributed by atoms with Gasteiger partial charge in [-0.1, -0.05) is 5.16 Å². The molecule has 114 valence electrons. The number of hydrogen-bond donors (Lipinski definition) is 2. The van der Waals surface area contributed by atoms with Crippen LogP contribution in [0.1, 0.15) is 19.2 Å². The van der Waals surface area contributed by atoms with E-state index >= 15 is 0 Å². The molecule has 2 rings (SSSR count). The molecule has 0 aliphatic rings. The van der Waals surface area contributed by atoms with E-state index in [0.29, 0.717) is 31.1 Å². The lowest BCUT2D eigenvalue weighted by atomic mass is 10.2. The maximum Gasteiger partial charge on any atom is 0.227 e. The van der Waals surface area contributed by atoms with E-state index in [4.69, 9.17) is 4.52 Å². The molecule has 1 amide bonds. The van der Waals surface area contributed by atoms with Crippen molar-refractivity contribution in [3.63, 3.8) is 0 Å². The first-order valence-electron chi connectivity index (χ1n) is 6.59. The van der Waals surface area contributed by atoms with Crippen molar-refractivity contribution in [2.75, 3.05) is 13.6 Å². The number of halogens is 1. The van der Waals surface area contributed by atoms with Crippen LogP contribution in [-0.4, -0.2) is 35.7 Å². The van der Waals surface area contributed by atoms with E-state index < -0.39 is 0 Å². The smallest absolute Gasteiger partial charge is 0.227 e. The number of likely N-dealkylation sites (N-methyl/N-ethyl adjacent to an activating group) is 1. The number of carbonyl (C=O) groups excluding carboxylic acids is 1. The summed E-state index contributed by atoms with van der Waals surface area (Å²) < 4.78 is 6.16. The lowest BCUT2D eigenvalue weighted by Crippen LogP contribution is -2.37. The van der Waals surface area contributed by atoms with E-state index in [0.717, 1.165) is 9.35 Å². The van der Waals surface area contributed by atoms with Gasteiger partial charge < -0.3 is 15.2 Å². The Morgan fingerprint density at radius 2 is 2.38 bits per heavy atom. The summed E-state index contributed by atoms with van der Waals surface area (Å²) in [5, 5.41) is 11.8. The van der Waals surface area contributed by atoms with Crippen LogP contribution in [0, 0.1) is 0 Å². The van der Waals surface area contributed by atoms with Crippen LogP contribution in [0.3, 0.4) is 0 Å². The Labute approximate surface area is 135 Å². The predicted molar refractivity (Wildman–Crippen MR) is 85.2 cm³/mol. The molecule has 2 heterocycles. The highest BCUT2D eigenvalue weighted by molar-refractivity contribution is 9.10. The Morgan fingerprint density at radius 1 is 1.57 bits per heavy atom. The molecule has 8 heteroatoms. The summed E-state index contributed by atoms with van der Waals surface area (Å²) in [5.74, 6) is 1.02. The van der Waals surface area contributed by atoms with Gasteiger partial charge in [-0.2, -0.15) is 4.98 Å². The fourth-order valence-electron chi connectivity index (χ4n) is 1.56. The number of aromatic nitrogens is 2. The molecule has 2 aromatic rings. The van der Waals surface area contributed by atoms with E-state index in [-0.39, 0.29) is 11.9 Å². The number of aryl methyl sites for hydroxylation is 1. The molecule has 0 bridgehead atoms. The monoisotopic (exact) mass is 372 g/mol. The Bertz CT molecular complexity index is 599. The van der Waals surface area contributed by atoms with Crippen LogP contribution >= 0.6 is 27.3 Å². The molecule has 1 unspecified atom stereocenters. The van der Waals surface area contributed by atoms with Gasteiger partial charge in [-0.05, 0) is 36.0 Å². The second-order valence-corrected chi connectivity index (χ2v) is 6.46. The zero-order valence-electron chi connectivity index (χ0n) is 11.9. The molecular weight excluding hydrogens is 356 g/mol. The van der Waals surface area contributed by atoms with Gasteiger partial charge in [-0.25, -0.2) is 0 Å². The molecule has 0 fully saturated rings. The molecule has 0 aliphatic carbocycles. The first-order chi connectivity index (χ1) is 10.1. The van der Waals surface area contributed by atoms with Gasteiger partial charge in [0.05, 0.1) is 4.88 Å². The van der Waals surface area contributed by atoms with Gasteiger partial charge in [0.2, 0.25) is 17.6 Å². The zero-order valence-corrected chi connectivity index (χ0v) is 14.3. The number of nitrogens with one attached hydrogen (secondary N) is 2. The highest BCUT2D eigenvalue weighted by Crippen LogP contribution is 2.27. The number of rotatable bonds is 7. The van der Waals surface area contributed by atoms with Gasteiger partial charge >= 0.3 is 0 Å². The van der Waals surface area contributed by atoms with Gasteiger partial charge in [0, 0.05) is 35.3 Å². The van der Waals surface area contributed by atoms with Gasteiger partial charge in [0.1, 0.15) is 0 Å². The van der Waals surface area contributed by atoms with E-state index in [9.17, 15) is 4.79 Å². The second-order valence-electron chi connectivity index (χ2n) is 4.63. The lowest BCUT2D eigenvalue weighted by Gasteiger charge is -2.10. The Balaban J connectivity index is 1.81. The Morgan fingerprint density at radius 3 is 3.05 bits per heavy atom. The van der Waals surface area contributed by atoms with Crippen LogP contribution in [0.25, 0.3) is 10.7 Å². The van der Waals surface area contributed by atoms with Crippen LogP contribution < -0.4 is 10.6 Å². The Kier molecular flexibility index (Phi) is 5.89. The van der Waals surface area contributed by atoms with Crippen molar-refractivity contribution in [1.82, 2.24) is 20.8 Å². The fraction of sp³-hybridized carbons (Fsp3) is 0.462. The molecule has 0 radical (unpaired) electrons. The number of amides is 1. The molecule has 0 saturated heterocycles. The summed E-state index contributed by atoms with van der Waals surface area (Å²) >= 11 is 4.92. The predicted octanol–water partition coefficient (Wildman–Crippen LogP) is 2.22. The summed E-state index contributed by atoms with van der Waals surface area (Å²) in [7, 11) is 1.86. The molecule has 1 atom stereocenters. The largest absolute Gasteiger partial charge is 0.355 e. The van der Waals surface area contributed by atoms with Crippen molar-refractivity contribution in [2.45, 2.75) is 25.8 Å². The van der Waals surface area contributed by atoms with Crippen molar-refractivity contribution >= 4 is 33.2 Å². The van der Waals surface area contributed by atoms with Crippen LogP contribution in [0.15, 0.2) is 20.4 Å². The normalized spacial score (nSPS) is 12.3. The SMILES string of the molecule is CNC(C)CNC(=O)CCc1nc(-c2cc(Br)cs2)no1. The van der Waals surface area contributed by atoms with Gasteiger partial charge in [-0.15, -0.1) is 11.3 Å². The Hall–Kier alpha value is -1.25. The molecule has 0 aliphatic heterocycles. The average molecular weight is 373 g/mol. The second kappa shape index (κ2) is 7.67. The minimum absolute atomic E-state index is 0.0179. The van der Waals surface area contributed by atoms with Crippen molar-refractivity contribution < 1.29 is 9.32 Å². The number of nitrogens with zero attached hydrogens (tertiary/aromatic N) is 2. The molecule has 21 heavy (non-hydrogen) atoms. The highest BCUT2D eigenvalue weighted by atomic mass is 79.9. The minimum atomic E-state index is -0.0179. The summed E-state index contributed by atoms with van der Waals surface area (Å²) in [6, 6.07) is 2.19. The third kappa shape index (κ3) is 4.90. The van der Waals surface area contributed by atoms with Crippen molar-refractivity contribution in [2.24, 2.45) is 0 Å². The zero-order chi connectivity index (χ0) is 15.2. The summed E-state index contributed by atoms with van der Waals surface area (Å²) in [4.78, 5) is 16.9. The van der Waals surface area contributed by atoms with Crippen LogP contribution in [0.5, 0.6) is 0 Å². The van der Waals surface area contributed by atoms with Crippen molar-refractivity contribution in [1.29, 1.82) is 0 Å². The molecule has 0 aromatic carbocycles. The highest BCUT2D eigenvalue weighted by Gasteiger charge is 2.12. The fourth-order valence-corrected chi connectivity index (χ4v) is 2.92. The lowest BCUT2D eigenvalue weighted by molar-refractivity contribution is -0.121. The number of carbonyl (C=O) groups is 1. The van der Waals surface area contributed by atoms with E-state index in [1.807, 2.05) is 25.4 Å². The summed E-state index contributed by atoms with van der Waals surface area (Å²) in [6.45, 7) is 2.61. The van der Waals surface area contributed by atoms with Gasteiger partial charge in [0.15, 0.2) is 0 Å². The van der Waals surface area contributed by atoms with Crippen molar-refractivity contribution in [3.05, 3.63) is 21.8 Å². The summed E-state index contributed by atoms with van der Waals surface area (Å²) in [5.41, 5.74) is 0. The van der Waals surface area contributed by atoms with Crippen LogP contribution in [0.2, 0.25) is 0 Å². The summed E-state index contributed by atoms with van der Waals surface area (Å²) in [6.07, 6.45) is 0.783. The average Bonchev–Trinajstić information content (AvgIpc) is 3.11. The maximum absolute atomic E-state index is 11.7. The maximum atomic E-state index is 11.7. The third-order valence-electron chi connectivity index (χ3n) is 2.92. The van der Waals surface area contributed by atoms with Gasteiger partial charge in [-0.3, -0.25) is 4.79 Å². The molecular formula is C13H17BrN4O2S. The quantitative estimate of drug-likeness (QED) is 0.778. The number of hydrogen-bond acceptors (Lipinski definition) is 6. The molecule has 2 aromatic heterocycles. The van der Waals surface area contributed by atoms with Gasteiger partial charge in [0.25, 0.3) is 0 Å². The molecule has 2 N–H and O–H groups in total. The molecule has 6 nitrogen and oxygen atoms in total. The topological polar surface area (TPSA) is 80.0 Å². The number of thiophene rings is 1. The molecule has 0 saturated carbocycles. The third-order valence-corrected chi connectivity index (χ3v) is 4.61. The van der Waals surface area contributed by atoms with E-state index in [1.54, 1.807) is 0 Å².